The molecule has 1 aromatic rings. The van der Waals surface area contributed by atoms with Crippen LogP contribution in [-0.2, 0) is 4.79 Å². The van der Waals surface area contributed by atoms with Crippen molar-refractivity contribution in [2.75, 3.05) is 5.75 Å². The minimum absolute atomic E-state index is 0.111. The predicted molar refractivity (Wildman–Crippen MR) is 75.1 cm³/mol. The van der Waals surface area contributed by atoms with Crippen molar-refractivity contribution in [1.29, 1.82) is 0 Å². The first-order valence-corrected chi connectivity index (χ1v) is 6.47. The Kier molecular flexibility index (Phi) is 3.99. The van der Waals surface area contributed by atoms with Crippen LogP contribution in [-0.4, -0.2) is 33.1 Å². The van der Waals surface area contributed by atoms with E-state index in [-0.39, 0.29) is 28.7 Å². The quantitative estimate of drug-likeness (QED) is 0.493. The van der Waals surface area contributed by atoms with Crippen LogP contribution in [0.15, 0.2) is 22.3 Å². The number of nitro groups is 1. The zero-order valence-corrected chi connectivity index (χ0v) is 11.2. The summed E-state index contributed by atoms with van der Waals surface area (Å²) >= 11 is 1.21. The lowest BCUT2D eigenvalue weighted by atomic mass is 10.1. The van der Waals surface area contributed by atoms with Crippen molar-refractivity contribution < 1.29 is 14.8 Å². The molecule has 0 aliphatic carbocycles. The lowest BCUT2D eigenvalue weighted by molar-refractivity contribution is -0.385. The number of thioether (sulfide) groups is 1. The summed E-state index contributed by atoms with van der Waals surface area (Å²) < 4.78 is 0. The molecule has 2 rings (SSSR count). The third-order valence-electron chi connectivity index (χ3n) is 2.47. The molecule has 0 radical (unpaired) electrons. The molecule has 1 saturated heterocycles. The SMILES string of the molecule is Cc1cc(O)c(C=NN=C2NC(=O)CS2)cc1[N+](=O)[O-]. The van der Waals surface area contributed by atoms with E-state index in [1.54, 1.807) is 0 Å². The van der Waals surface area contributed by atoms with Gasteiger partial charge in [-0.3, -0.25) is 14.9 Å². The van der Waals surface area contributed by atoms with Crippen LogP contribution >= 0.6 is 11.8 Å². The molecule has 20 heavy (non-hydrogen) atoms. The lowest BCUT2D eigenvalue weighted by Gasteiger charge is -2.01. The number of aromatic hydroxyl groups is 1. The predicted octanol–water partition coefficient (Wildman–Crippen LogP) is 1.16. The first-order chi connectivity index (χ1) is 9.47. The van der Waals surface area contributed by atoms with Crippen LogP contribution in [0.4, 0.5) is 5.69 Å². The van der Waals surface area contributed by atoms with E-state index >= 15 is 0 Å². The summed E-state index contributed by atoms with van der Waals surface area (Å²) in [4.78, 5) is 21.2. The molecule has 1 aliphatic rings. The third-order valence-corrected chi connectivity index (χ3v) is 3.34. The Bertz CT molecular complexity index is 642. The highest BCUT2D eigenvalue weighted by molar-refractivity contribution is 8.15. The molecule has 0 saturated carbocycles. The van der Waals surface area contributed by atoms with Gasteiger partial charge >= 0.3 is 0 Å². The van der Waals surface area contributed by atoms with Crippen molar-refractivity contribution >= 4 is 34.7 Å². The number of amidine groups is 1. The zero-order valence-electron chi connectivity index (χ0n) is 10.4. The summed E-state index contributed by atoms with van der Waals surface area (Å²) in [5.41, 5.74) is 0.427. The molecule has 0 bridgehead atoms. The Morgan fingerprint density at radius 2 is 2.30 bits per heavy atom. The summed E-state index contributed by atoms with van der Waals surface area (Å²) in [7, 11) is 0. The van der Waals surface area contributed by atoms with Crippen LogP contribution in [0.2, 0.25) is 0 Å². The minimum atomic E-state index is -0.537. The van der Waals surface area contributed by atoms with Gasteiger partial charge in [0, 0.05) is 17.2 Å². The third kappa shape index (κ3) is 3.12. The van der Waals surface area contributed by atoms with Crippen molar-refractivity contribution in [2.45, 2.75) is 6.92 Å². The van der Waals surface area contributed by atoms with Crippen molar-refractivity contribution in [3.63, 3.8) is 0 Å². The molecule has 0 aromatic heterocycles. The van der Waals surface area contributed by atoms with E-state index in [1.807, 2.05) is 0 Å². The number of carbonyl (C=O) groups is 1. The number of rotatable bonds is 3. The fraction of sp³-hybridized carbons (Fsp3) is 0.182. The summed E-state index contributed by atoms with van der Waals surface area (Å²) in [6.45, 7) is 1.53. The summed E-state index contributed by atoms with van der Waals surface area (Å²) in [6.07, 6.45) is 1.19. The van der Waals surface area contributed by atoms with Crippen LogP contribution < -0.4 is 5.32 Å². The zero-order chi connectivity index (χ0) is 14.7. The normalized spacial score (nSPS) is 16.9. The molecule has 9 heteroatoms. The second-order valence-electron chi connectivity index (χ2n) is 3.94. The standard InChI is InChI=1S/C11H10N4O4S/c1-6-2-9(16)7(3-8(6)15(18)19)4-12-14-11-13-10(17)5-20-11/h2-4,16H,5H2,1H3,(H,13,14,17). The number of hydrogen-bond acceptors (Lipinski definition) is 7. The summed E-state index contributed by atoms with van der Waals surface area (Å²) in [5, 5.41) is 30.8. The minimum Gasteiger partial charge on any atom is -0.507 e. The van der Waals surface area contributed by atoms with E-state index in [0.29, 0.717) is 10.7 Å². The highest BCUT2D eigenvalue weighted by Gasteiger charge is 2.16. The van der Waals surface area contributed by atoms with E-state index in [9.17, 15) is 20.0 Å². The van der Waals surface area contributed by atoms with E-state index in [4.69, 9.17) is 0 Å². The molecular weight excluding hydrogens is 284 g/mol. The smallest absolute Gasteiger partial charge is 0.273 e. The average Bonchev–Trinajstić information content (AvgIpc) is 2.77. The first-order valence-electron chi connectivity index (χ1n) is 5.49. The van der Waals surface area contributed by atoms with Gasteiger partial charge in [-0.05, 0) is 13.0 Å². The van der Waals surface area contributed by atoms with Gasteiger partial charge in [-0.1, -0.05) is 11.8 Å². The molecule has 1 aliphatic heterocycles. The highest BCUT2D eigenvalue weighted by atomic mass is 32.2. The fourth-order valence-corrected chi connectivity index (χ4v) is 2.15. The monoisotopic (exact) mass is 294 g/mol. The van der Waals surface area contributed by atoms with E-state index in [0.717, 1.165) is 0 Å². The van der Waals surface area contributed by atoms with Crippen LogP contribution in [0.25, 0.3) is 0 Å². The van der Waals surface area contributed by atoms with Crippen molar-refractivity contribution in [3.05, 3.63) is 33.4 Å². The molecule has 0 spiro atoms. The topological polar surface area (TPSA) is 117 Å². The van der Waals surface area contributed by atoms with Gasteiger partial charge in [0.25, 0.3) is 5.69 Å². The van der Waals surface area contributed by atoms with Crippen LogP contribution in [0.1, 0.15) is 11.1 Å². The van der Waals surface area contributed by atoms with Crippen molar-refractivity contribution in [3.8, 4) is 5.75 Å². The molecule has 0 unspecified atom stereocenters. The lowest BCUT2D eigenvalue weighted by Crippen LogP contribution is -2.19. The maximum atomic E-state index is 10.9. The Hall–Kier alpha value is -2.42. The van der Waals surface area contributed by atoms with Gasteiger partial charge in [0.05, 0.1) is 16.9 Å². The maximum Gasteiger partial charge on any atom is 0.273 e. The number of nitro benzene ring substituents is 1. The maximum absolute atomic E-state index is 10.9. The fourth-order valence-electron chi connectivity index (χ4n) is 1.52. The van der Waals surface area contributed by atoms with Gasteiger partial charge in [-0.15, -0.1) is 5.10 Å². The number of carbonyl (C=O) groups excluding carboxylic acids is 1. The Labute approximate surface area is 117 Å². The van der Waals surface area contributed by atoms with Gasteiger partial charge < -0.3 is 10.4 Å². The van der Waals surface area contributed by atoms with Gasteiger partial charge in [-0.2, -0.15) is 5.10 Å². The summed E-state index contributed by atoms with van der Waals surface area (Å²) in [5.74, 6) is 0.00762. The Morgan fingerprint density at radius 3 is 2.90 bits per heavy atom. The molecule has 8 nitrogen and oxygen atoms in total. The molecule has 1 amide bonds. The van der Waals surface area contributed by atoms with Gasteiger partial charge in [0.1, 0.15) is 5.75 Å². The Morgan fingerprint density at radius 1 is 1.55 bits per heavy atom. The van der Waals surface area contributed by atoms with Crippen molar-refractivity contribution in [1.82, 2.24) is 5.32 Å². The second-order valence-corrected chi connectivity index (χ2v) is 4.91. The van der Waals surface area contributed by atoms with Gasteiger partial charge in [0.15, 0.2) is 5.17 Å². The van der Waals surface area contributed by atoms with Gasteiger partial charge in [0.2, 0.25) is 5.91 Å². The number of amides is 1. The Balaban J connectivity index is 2.23. The number of hydrogen-bond donors (Lipinski definition) is 2. The van der Waals surface area contributed by atoms with Crippen LogP contribution in [0, 0.1) is 17.0 Å². The number of phenolic OH excluding ortho intramolecular Hbond substituents is 1. The molecule has 0 atom stereocenters. The molecule has 1 heterocycles. The number of phenols is 1. The number of benzene rings is 1. The van der Waals surface area contributed by atoms with Gasteiger partial charge in [-0.25, -0.2) is 0 Å². The largest absolute Gasteiger partial charge is 0.507 e. The highest BCUT2D eigenvalue weighted by Crippen LogP contribution is 2.26. The number of nitrogens with zero attached hydrogens (tertiary/aromatic N) is 3. The molecular formula is C11H10N4O4S. The molecule has 104 valence electrons. The average molecular weight is 294 g/mol. The molecule has 1 fully saturated rings. The number of nitrogens with one attached hydrogen (secondary N) is 1. The van der Waals surface area contributed by atoms with Crippen LogP contribution in [0.3, 0.4) is 0 Å². The first kappa shape index (κ1) is 14.0. The second kappa shape index (κ2) is 5.70. The van der Waals surface area contributed by atoms with E-state index in [2.05, 4.69) is 15.5 Å². The number of aryl methyl sites for hydroxylation is 1. The van der Waals surface area contributed by atoms with E-state index in [1.165, 1.54) is 37.0 Å². The van der Waals surface area contributed by atoms with Crippen LogP contribution in [0.5, 0.6) is 5.75 Å². The van der Waals surface area contributed by atoms with Crippen molar-refractivity contribution in [2.24, 2.45) is 10.2 Å². The molecule has 2 N–H and O–H groups in total. The molecule has 1 aromatic carbocycles. The van der Waals surface area contributed by atoms with E-state index < -0.39 is 4.92 Å². The summed E-state index contributed by atoms with van der Waals surface area (Å²) in [6, 6.07) is 2.51.